The minimum Gasteiger partial charge on any atom is -0.481 e. The van der Waals surface area contributed by atoms with Gasteiger partial charge in [0, 0.05) is 32.1 Å². The molecule has 9 nitrogen and oxygen atoms in total. The summed E-state index contributed by atoms with van der Waals surface area (Å²) >= 11 is 0. The summed E-state index contributed by atoms with van der Waals surface area (Å²) in [6.07, 6.45) is 0.0559. The first kappa shape index (κ1) is 24.7. The Balaban J connectivity index is 1.39. The molecule has 0 saturated carbocycles. The summed E-state index contributed by atoms with van der Waals surface area (Å²) in [6, 6.07) is 14.7. The van der Waals surface area contributed by atoms with Gasteiger partial charge in [-0.3, -0.25) is 9.59 Å². The van der Waals surface area contributed by atoms with Crippen molar-refractivity contribution >= 4 is 18.0 Å². The Morgan fingerprint density at radius 2 is 1.63 bits per heavy atom. The monoisotopic (exact) mass is 481 g/mol. The molecule has 9 heteroatoms. The fourth-order valence-electron chi connectivity index (χ4n) is 4.99. The van der Waals surface area contributed by atoms with E-state index in [1.165, 1.54) is 4.90 Å². The first-order chi connectivity index (χ1) is 16.9. The second-order valence-electron chi connectivity index (χ2n) is 8.91. The average molecular weight is 482 g/mol. The summed E-state index contributed by atoms with van der Waals surface area (Å²) in [6.45, 7) is 1.42. The minimum atomic E-state index is -1.21. The largest absolute Gasteiger partial charge is 0.481 e. The van der Waals surface area contributed by atoms with E-state index in [4.69, 9.17) is 9.57 Å². The molecule has 2 aromatic carbocycles. The van der Waals surface area contributed by atoms with E-state index in [1.807, 2.05) is 53.6 Å². The van der Waals surface area contributed by atoms with Gasteiger partial charge in [0.05, 0.1) is 13.5 Å². The highest BCUT2D eigenvalue weighted by Gasteiger charge is 2.33. The molecule has 1 saturated heterocycles. The topological polar surface area (TPSA) is 108 Å². The predicted octanol–water partition coefficient (Wildman–Crippen LogP) is 2.85. The molecule has 0 radical (unpaired) electrons. The number of carboxylic acid groups (broad SMARTS) is 1. The van der Waals surface area contributed by atoms with Crippen LogP contribution in [0.3, 0.4) is 0 Å². The van der Waals surface area contributed by atoms with Crippen molar-refractivity contribution < 1.29 is 29.1 Å². The van der Waals surface area contributed by atoms with Crippen molar-refractivity contribution in [2.45, 2.75) is 37.3 Å². The van der Waals surface area contributed by atoms with Crippen molar-refractivity contribution in [3.8, 4) is 11.1 Å². The third-order valence-corrected chi connectivity index (χ3v) is 6.89. The van der Waals surface area contributed by atoms with Crippen molar-refractivity contribution in [3.63, 3.8) is 0 Å². The number of hydroxylamine groups is 2. The highest BCUT2D eigenvalue weighted by molar-refractivity contribution is 5.89. The highest BCUT2D eigenvalue weighted by Crippen LogP contribution is 2.44. The number of carboxylic acids is 1. The molecule has 2 aliphatic rings. The quantitative estimate of drug-likeness (QED) is 0.597. The van der Waals surface area contributed by atoms with Crippen LogP contribution in [0.15, 0.2) is 48.5 Å². The summed E-state index contributed by atoms with van der Waals surface area (Å²) in [5, 5.41) is 13.6. The van der Waals surface area contributed by atoms with Crippen molar-refractivity contribution in [2.24, 2.45) is 0 Å². The Morgan fingerprint density at radius 1 is 1.06 bits per heavy atom. The van der Waals surface area contributed by atoms with E-state index in [9.17, 15) is 19.5 Å². The molecule has 1 heterocycles. The van der Waals surface area contributed by atoms with Crippen LogP contribution < -0.4 is 5.32 Å². The van der Waals surface area contributed by atoms with Gasteiger partial charge in [0.15, 0.2) is 0 Å². The summed E-state index contributed by atoms with van der Waals surface area (Å²) in [5.41, 5.74) is 4.36. The van der Waals surface area contributed by atoms with Gasteiger partial charge < -0.3 is 24.9 Å². The van der Waals surface area contributed by atoms with Gasteiger partial charge in [-0.25, -0.2) is 4.79 Å². The van der Waals surface area contributed by atoms with Gasteiger partial charge in [0.2, 0.25) is 5.91 Å². The van der Waals surface area contributed by atoms with E-state index in [0.29, 0.717) is 25.9 Å². The fraction of sp³-hybridized carbons (Fsp3) is 0.423. The summed E-state index contributed by atoms with van der Waals surface area (Å²) in [7, 11) is 3.25. The maximum atomic E-state index is 13.1. The Hall–Kier alpha value is -3.43. The molecule has 186 valence electrons. The number of nitrogens with zero attached hydrogens (tertiary/aromatic N) is 2. The summed E-state index contributed by atoms with van der Waals surface area (Å²) in [5.74, 6) is -1.75. The molecular weight excluding hydrogens is 450 g/mol. The average Bonchev–Trinajstić information content (AvgIpc) is 3.19. The third-order valence-electron chi connectivity index (χ3n) is 6.89. The van der Waals surface area contributed by atoms with Crippen LogP contribution in [0.2, 0.25) is 0 Å². The lowest BCUT2D eigenvalue weighted by atomic mass is 9.98. The Labute approximate surface area is 204 Å². The minimum absolute atomic E-state index is 0.0606. The SMILES string of the molecule is CON1CCC(N(C)C(=O)C(CC(=O)O)NC(=O)OCC2c3ccccc3-c3ccccc32)CC1. The number of nitrogens with one attached hydrogen (secondary N) is 1. The van der Waals surface area contributed by atoms with Gasteiger partial charge in [0.25, 0.3) is 0 Å². The molecule has 2 aromatic rings. The molecular formula is C26H31N3O6. The number of benzene rings is 2. The van der Waals surface area contributed by atoms with Crippen LogP contribution in [0.4, 0.5) is 4.79 Å². The zero-order valence-corrected chi connectivity index (χ0v) is 20.0. The third kappa shape index (κ3) is 5.47. The second-order valence-corrected chi connectivity index (χ2v) is 8.91. The molecule has 1 atom stereocenters. The molecule has 1 fully saturated rings. The number of carbonyl (C=O) groups is 3. The van der Waals surface area contributed by atoms with Crippen LogP contribution in [0.25, 0.3) is 11.1 Å². The zero-order valence-electron chi connectivity index (χ0n) is 20.0. The standard InChI is InChI=1S/C26H31N3O6/c1-28(17-11-13-29(34-2)14-12-17)25(32)23(15-24(30)31)27-26(33)35-16-22-20-9-5-3-7-18(20)19-8-4-6-10-21(19)22/h3-10,17,22-23H,11-16H2,1-2H3,(H,27,33)(H,30,31). The predicted molar refractivity (Wildman–Crippen MR) is 129 cm³/mol. The Bertz CT molecular complexity index is 1040. The zero-order chi connectivity index (χ0) is 24.9. The number of hydrogen-bond donors (Lipinski definition) is 2. The number of ether oxygens (including phenoxy) is 1. The van der Waals surface area contributed by atoms with E-state index in [0.717, 1.165) is 22.3 Å². The van der Waals surface area contributed by atoms with E-state index in [2.05, 4.69) is 5.32 Å². The number of fused-ring (bicyclic) bond motifs is 3. The number of hydrogen-bond acceptors (Lipinski definition) is 6. The first-order valence-corrected chi connectivity index (χ1v) is 11.8. The number of carbonyl (C=O) groups excluding carboxylic acids is 2. The van der Waals surface area contributed by atoms with E-state index in [1.54, 1.807) is 14.2 Å². The second kappa shape index (κ2) is 10.9. The Kier molecular flexibility index (Phi) is 7.67. The maximum absolute atomic E-state index is 13.1. The number of rotatable bonds is 8. The van der Waals surface area contributed by atoms with Crippen molar-refractivity contribution in [3.05, 3.63) is 59.7 Å². The molecule has 1 unspecified atom stereocenters. The van der Waals surface area contributed by atoms with Crippen LogP contribution in [-0.2, 0) is 19.2 Å². The lowest BCUT2D eigenvalue weighted by molar-refractivity contribution is -0.156. The fourth-order valence-corrected chi connectivity index (χ4v) is 4.99. The van der Waals surface area contributed by atoms with E-state index in [-0.39, 0.29) is 18.6 Å². The lowest BCUT2D eigenvalue weighted by Crippen LogP contribution is -2.53. The smallest absolute Gasteiger partial charge is 0.407 e. The van der Waals surface area contributed by atoms with E-state index >= 15 is 0 Å². The van der Waals surface area contributed by atoms with E-state index < -0.39 is 30.4 Å². The number of alkyl carbamates (subject to hydrolysis) is 1. The number of amides is 2. The van der Waals surface area contributed by atoms with Gasteiger partial charge in [-0.1, -0.05) is 48.5 Å². The molecule has 0 bridgehead atoms. The normalized spacial score (nSPS) is 16.7. The molecule has 1 aliphatic carbocycles. The van der Waals surface area contributed by atoms with Gasteiger partial charge in [-0.2, -0.15) is 5.06 Å². The van der Waals surface area contributed by atoms with Crippen LogP contribution >= 0.6 is 0 Å². The molecule has 1 aliphatic heterocycles. The van der Waals surface area contributed by atoms with Gasteiger partial charge in [-0.15, -0.1) is 0 Å². The lowest BCUT2D eigenvalue weighted by Gasteiger charge is -2.36. The molecule has 2 N–H and O–H groups in total. The molecule has 0 spiro atoms. The summed E-state index contributed by atoms with van der Waals surface area (Å²) < 4.78 is 5.52. The number of piperidine rings is 1. The van der Waals surface area contributed by atoms with Gasteiger partial charge >= 0.3 is 12.1 Å². The van der Waals surface area contributed by atoms with Crippen molar-refractivity contribution in [1.82, 2.24) is 15.3 Å². The van der Waals surface area contributed by atoms with Crippen LogP contribution in [0.5, 0.6) is 0 Å². The maximum Gasteiger partial charge on any atom is 0.407 e. The summed E-state index contributed by atoms with van der Waals surface area (Å²) in [4.78, 5) is 44.0. The van der Waals surface area contributed by atoms with Crippen LogP contribution in [0, 0.1) is 0 Å². The molecule has 4 rings (SSSR count). The van der Waals surface area contributed by atoms with Crippen molar-refractivity contribution in [1.29, 1.82) is 0 Å². The molecule has 0 aromatic heterocycles. The van der Waals surface area contributed by atoms with Gasteiger partial charge in [-0.05, 0) is 35.1 Å². The highest BCUT2D eigenvalue weighted by atomic mass is 16.7. The molecule has 2 amide bonds. The number of likely N-dealkylation sites (N-methyl/N-ethyl adjacent to an activating group) is 1. The van der Waals surface area contributed by atoms with Crippen molar-refractivity contribution in [2.75, 3.05) is 33.9 Å². The van der Waals surface area contributed by atoms with Crippen LogP contribution in [0.1, 0.15) is 36.3 Å². The van der Waals surface area contributed by atoms with Gasteiger partial charge in [0.1, 0.15) is 12.6 Å². The number of aliphatic carboxylic acids is 1. The van der Waals surface area contributed by atoms with Crippen LogP contribution in [-0.4, -0.2) is 79.0 Å². The molecule has 35 heavy (non-hydrogen) atoms. The first-order valence-electron chi connectivity index (χ1n) is 11.8. The Morgan fingerprint density at radius 3 is 2.17 bits per heavy atom.